The maximum absolute atomic E-state index is 9.05. The van der Waals surface area contributed by atoms with Crippen LogP contribution in [-0.2, 0) is 9.47 Å². The zero-order valence-corrected chi connectivity index (χ0v) is 7.67. The largest absolute Gasteiger partial charge is 0.396 e. The predicted molar refractivity (Wildman–Crippen MR) is 43.6 cm³/mol. The van der Waals surface area contributed by atoms with Gasteiger partial charge in [0.2, 0.25) is 0 Å². The van der Waals surface area contributed by atoms with E-state index >= 15 is 0 Å². The van der Waals surface area contributed by atoms with E-state index in [1.54, 1.807) is 0 Å². The van der Waals surface area contributed by atoms with E-state index in [9.17, 15) is 0 Å². The van der Waals surface area contributed by atoms with Crippen molar-refractivity contribution in [1.29, 1.82) is 0 Å². The van der Waals surface area contributed by atoms with Crippen LogP contribution in [0.25, 0.3) is 0 Å². The third-order valence-corrected chi connectivity index (χ3v) is 3.49. The van der Waals surface area contributed by atoms with Crippen LogP contribution in [0.15, 0.2) is 0 Å². The molecule has 12 heavy (non-hydrogen) atoms. The van der Waals surface area contributed by atoms with E-state index in [0.29, 0.717) is 19.1 Å². The molecule has 1 aliphatic carbocycles. The zero-order chi connectivity index (χ0) is 8.82. The van der Waals surface area contributed by atoms with Crippen molar-refractivity contribution >= 4 is 0 Å². The standard InChI is InChI=1S/C9H16O3/c1-8(2)7(6-10)5-9(8)11-3-4-12-9/h7,10H,3-6H2,1-2H3. The number of aliphatic hydroxyl groups excluding tert-OH is 1. The molecule has 1 atom stereocenters. The van der Waals surface area contributed by atoms with Gasteiger partial charge in [-0.25, -0.2) is 0 Å². The van der Waals surface area contributed by atoms with E-state index in [0.717, 1.165) is 6.42 Å². The van der Waals surface area contributed by atoms with E-state index in [2.05, 4.69) is 13.8 Å². The van der Waals surface area contributed by atoms with Gasteiger partial charge in [0, 0.05) is 18.4 Å². The van der Waals surface area contributed by atoms with E-state index < -0.39 is 0 Å². The molecular formula is C9H16O3. The molecule has 1 spiro atoms. The maximum atomic E-state index is 9.05. The Balaban J connectivity index is 2.12. The monoisotopic (exact) mass is 172 g/mol. The lowest BCUT2D eigenvalue weighted by Crippen LogP contribution is -2.62. The highest BCUT2D eigenvalue weighted by Crippen LogP contribution is 2.58. The molecule has 1 unspecified atom stereocenters. The highest BCUT2D eigenvalue weighted by atomic mass is 16.7. The number of rotatable bonds is 1. The van der Waals surface area contributed by atoms with Crippen molar-refractivity contribution in [1.82, 2.24) is 0 Å². The molecule has 0 radical (unpaired) electrons. The first-order chi connectivity index (χ1) is 5.62. The Morgan fingerprint density at radius 1 is 1.33 bits per heavy atom. The summed E-state index contributed by atoms with van der Waals surface area (Å²) in [6.07, 6.45) is 0.844. The van der Waals surface area contributed by atoms with Crippen LogP contribution in [-0.4, -0.2) is 30.7 Å². The fraction of sp³-hybridized carbons (Fsp3) is 1.00. The van der Waals surface area contributed by atoms with Gasteiger partial charge >= 0.3 is 0 Å². The van der Waals surface area contributed by atoms with Gasteiger partial charge in [0.05, 0.1) is 13.2 Å². The molecular weight excluding hydrogens is 156 g/mol. The highest BCUT2D eigenvalue weighted by Gasteiger charge is 2.63. The Morgan fingerprint density at radius 3 is 2.33 bits per heavy atom. The molecule has 2 fully saturated rings. The van der Waals surface area contributed by atoms with Crippen LogP contribution >= 0.6 is 0 Å². The van der Waals surface area contributed by atoms with Gasteiger partial charge in [-0.3, -0.25) is 0 Å². The second-order valence-electron chi connectivity index (χ2n) is 4.26. The van der Waals surface area contributed by atoms with Gasteiger partial charge in [0.1, 0.15) is 0 Å². The Bertz CT molecular complexity index is 182. The van der Waals surface area contributed by atoms with Gasteiger partial charge in [-0.15, -0.1) is 0 Å². The van der Waals surface area contributed by atoms with Gasteiger partial charge in [-0.05, 0) is 5.92 Å². The first-order valence-corrected chi connectivity index (χ1v) is 4.51. The minimum Gasteiger partial charge on any atom is -0.396 e. The molecule has 0 bridgehead atoms. The Morgan fingerprint density at radius 2 is 1.92 bits per heavy atom. The minimum atomic E-state index is -0.375. The van der Waals surface area contributed by atoms with Crippen molar-refractivity contribution in [3.8, 4) is 0 Å². The summed E-state index contributed by atoms with van der Waals surface area (Å²) in [5.74, 6) is -0.0453. The summed E-state index contributed by atoms with van der Waals surface area (Å²) < 4.78 is 11.2. The predicted octanol–water partition coefficient (Wildman–Crippen LogP) is 0.768. The number of aliphatic hydroxyl groups is 1. The second kappa shape index (κ2) is 2.44. The Kier molecular flexibility index (Phi) is 1.72. The summed E-state index contributed by atoms with van der Waals surface area (Å²) >= 11 is 0. The van der Waals surface area contributed by atoms with Crippen molar-refractivity contribution < 1.29 is 14.6 Å². The summed E-state index contributed by atoms with van der Waals surface area (Å²) in [6, 6.07) is 0. The third-order valence-electron chi connectivity index (χ3n) is 3.49. The highest BCUT2D eigenvalue weighted by molar-refractivity contribution is 5.05. The van der Waals surface area contributed by atoms with Crippen molar-refractivity contribution in [2.45, 2.75) is 26.1 Å². The zero-order valence-electron chi connectivity index (χ0n) is 7.67. The van der Waals surface area contributed by atoms with Gasteiger partial charge in [-0.2, -0.15) is 0 Å². The van der Waals surface area contributed by atoms with E-state index in [-0.39, 0.29) is 17.8 Å². The first kappa shape index (κ1) is 8.48. The van der Waals surface area contributed by atoms with E-state index in [1.165, 1.54) is 0 Å². The number of hydrogen-bond donors (Lipinski definition) is 1. The van der Waals surface area contributed by atoms with E-state index in [4.69, 9.17) is 14.6 Å². The number of hydrogen-bond acceptors (Lipinski definition) is 3. The van der Waals surface area contributed by atoms with Gasteiger partial charge < -0.3 is 14.6 Å². The molecule has 3 heteroatoms. The van der Waals surface area contributed by atoms with Crippen molar-refractivity contribution in [3.05, 3.63) is 0 Å². The van der Waals surface area contributed by atoms with Crippen LogP contribution in [0.3, 0.4) is 0 Å². The minimum absolute atomic E-state index is 0.0295. The number of ether oxygens (including phenoxy) is 2. The van der Waals surface area contributed by atoms with E-state index in [1.807, 2.05) is 0 Å². The lowest BCUT2D eigenvalue weighted by Gasteiger charge is -2.57. The average molecular weight is 172 g/mol. The van der Waals surface area contributed by atoms with Gasteiger partial charge in [0.15, 0.2) is 5.79 Å². The second-order valence-corrected chi connectivity index (χ2v) is 4.26. The molecule has 2 rings (SSSR count). The molecule has 0 amide bonds. The summed E-state index contributed by atoms with van der Waals surface area (Å²) in [5, 5.41) is 9.05. The average Bonchev–Trinajstić information content (AvgIpc) is 2.50. The van der Waals surface area contributed by atoms with Crippen LogP contribution in [0.5, 0.6) is 0 Å². The maximum Gasteiger partial charge on any atom is 0.174 e. The summed E-state index contributed by atoms with van der Waals surface area (Å²) in [6.45, 7) is 5.83. The molecule has 70 valence electrons. The first-order valence-electron chi connectivity index (χ1n) is 4.51. The van der Waals surface area contributed by atoms with Crippen LogP contribution in [0.4, 0.5) is 0 Å². The molecule has 1 N–H and O–H groups in total. The van der Waals surface area contributed by atoms with Crippen molar-refractivity contribution in [2.24, 2.45) is 11.3 Å². The quantitative estimate of drug-likeness (QED) is 0.635. The summed E-state index contributed by atoms with van der Waals surface area (Å²) in [4.78, 5) is 0. The van der Waals surface area contributed by atoms with Gasteiger partial charge in [0.25, 0.3) is 0 Å². The molecule has 3 nitrogen and oxygen atoms in total. The lowest BCUT2D eigenvalue weighted by atomic mass is 9.57. The topological polar surface area (TPSA) is 38.7 Å². The fourth-order valence-corrected chi connectivity index (χ4v) is 2.26. The molecule has 0 aromatic rings. The van der Waals surface area contributed by atoms with Crippen molar-refractivity contribution in [2.75, 3.05) is 19.8 Å². The smallest absolute Gasteiger partial charge is 0.174 e. The lowest BCUT2D eigenvalue weighted by molar-refractivity contribution is -0.320. The molecule has 1 saturated carbocycles. The van der Waals surface area contributed by atoms with Crippen LogP contribution in [0.2, 0.25) is 0 Å². The molecule has 1 saturated heterocycles. The van der Waals surface area contributed by atoms with Crippen LogP contribution in [0.1, 0.15) is 20.3 Å². The van der Waals surface area contributed by atoms with Crippen molar-refractivity contribution in [3.63, 3.8) is 0 Å². The summed E-state index contributed by atoms with van der Waals surface area (Å²) in [7, 11) is 0. The molecule has 0 aromatic carbocycles. The molecule has 1 aliphatic heterocycles. The molecule has 1 heterocycles. The van der Waals surface area contributed by atoms with Crippen LogP contribution < -0.4 is 0 Å². The summed E-state index contributed by atoms with van der Waals surface area (Å²) in [5.41, 5.74) is -0.0295. The normalized spacial score (nSPS) is 36.8. The Hall–Kier alpha value is -0.120. The Labute approximate surface area is 72.7 Å². The molecule has 0 aromatic heterocycles. The SMILES string of the molecule is CC1(C)C(CO)CC12OCCO2. The van der Waals surface area contributed by atoms with Crippen LogP contribution in [0, 0.1) is 11.3 Å². The fourth-order valence-electron chi connectivity index (χ4n) is 2.26. The molecule has 2 aliphatic rings. The van der Waals surface area contributed by atoms with Gasteiger partial charge in [-0.1, -0.05) is 13.8 Å². The third kappa shape index (κ3) is 0.817.